The Morgan fingerprint density at radius 2 is 1.95 bits per heavy atom. The molecule has 1 aliphatic heterocycles. The van der Waals surface area contributed by atoms with Gasteiger partial charge < -0.3 is 15.7 Å². The number of likely N-dealkylation sites (tertiary alicyclic amines) is 1. The monoisotopic (exact) mass is 268 g/mol. The van der Waals surface area contributed by atoms with Crippen LogP contribution in [0.25, 0.3) is 0 Å². The summed E-state index contributed by atoms with van der Waals surface area (Å²) in [5.41, 5.74) is 5.59. The molecule has 2 unspecified atom stereocenters. The number of aliphatic hydroxyl groups is 1. The van der Waals surface area contributed by atoms with Crippen LogP contribution < -0.4 is 5.73 Å². The van der Waals surface area contributed by atoms with Crippen LogP contribution >= 0.6 is 0 Å². The maximum Gasteiger partial charge on any atom is 0.230 e. The van der Waals surface area contributed by atoms with E-state index in [0.717, 1.165) is 38.6 Å². The number of aliphatic hydroxyl groups excluding tert-OH is 1. The largest absolute Gasteiger partial charge is 0.391 e. The number of carbonyl (C=O) groups is 1. The number of amides is 1. The molecule has 2 atom stereocenters. The summed E-state index contributed by atoms with van der Waals surface area (Å²) in [4.78, 5) is 14.7. The van der Waals surface area contributed by atoms with E-state index in [1.54, 1.807) is 0 Å². The number of carbonyl (C=O) groups excluding carboxylic acids is 1. The fourth-order valence-electron chi connectivity index (χ4n) is 3.39. The summed E-state index contributed by atoms with van der Waals surface area (Å²) in [7, 11) is 0. The number of piperidine rings is 1. The first kappa shape index (κ1) is 14.8. The number of hydrogen-bond donors (Lipinski definition) is 2. The van der Waals surface area contributed by atoms with Crippen molar-refractivity contribution in [3.8, 4) is 0 Å². The first-order chi connectivity index (χ1) is 8.98. The Balaban J connectivity index is 2.04. The van der Waals surface area contributed by atoms with Gasteiger partial charge in [-0.25, -0.2) is 0 Å². The second kappa shape index (κ2) is 5.80. The highest BCUT2D eigenvalue weighted by Crippen LogP contribution is 2.40. The van der Waals surface area contributed by atoms with Gasteiger partial charge in [-0.1, -0.05) is 13.8 Å². The van der Waals surface area contributed by atoms with Gasteiger partial charge in [0.15, 0.2) is 0 Å². The molecule has 4 heteroatoms. The molecule has 19 heavy (non-hydrogen) atoms. The fraction of sp³-hybridized carbons (Fsp3) is 0.933. The van der Waals surface area contributed by atoms with Crippen LogP contribution in [0, 0.1) is 17.3 Å². The number of hydrogen-bond acceptors (Lipinski definition) is 3. The predicted octanol–water partition coefficient (Wildman–Crippen LogP) is 1.37. The highest BCUT2D eigenvalue weighted by Gasteiger charge is 2.43. The van der Waals surface area contributed by atoms with Gasteiger partial charge in [0.1, 0.15) is 0 Å². The Morgan fingerprint density at radius 1 is 1.32 bits per heavy atom. The van der Waals surface area contributed by atoms with Crippen molar-refractivity contribution in [3.05, 3.63) is 0 Å². The molecular weight excluding hydrogens is 240 g/mol. The van der Waals surface area contributed by atoms with Crippen molar-refractivity contribution in [2.24, 2.45) is 23.0 Å². The van der Waals surface area contributed by atoms with Crippen LogP contribution in [-0.4, -0.2) is 41.7 Å². The molecule has 110 valence electrons. The average molecular weight is 268 g/mol. The van der Waals surface area contributed by atoms with Gasteiger partial charge >= 0.3 is 0 Å². The van der Waals surface area contributed by atoms with Crippen LogP contribution in [0.2, 0.25) is 0 Å². The van der Waals surface area contributed by atoms with Crippen LogP contribution in [0.4, 0.5) is 0 Å². The molecule has 0 radical (unpaired) electrons. The zero-order valence-corrected chi connectivity index (χ0v) is 12.3. The third-order valence-corrected chi connectivity index (χ3v) is 5.28. The highest BCUT2D eigenvalue weighted by atomic mass is 16.3. The van der Waals surface area contributed by atoms with Crippen molar-refractivity contribution < 1.29 is 9.90 Å². The minimum absolute atomic E-state index is 0.188. The van der Waals surface area contributed by atoms with Crippen molar-refractivity contribution >= 4 is 5.91 Å². The van der Waals surface area contributed by atoms with Gasteiger partial charge in [-0.15, -0.1) is 0 Å². The molecule has 0 aromatic heterocycles. The molecule has 1 heterocycles. The molecule has 1 amide bonds. The number of β-amino-alcohol motifs (C(OH)–C–C–N with tert-alkyl or cyclic N) is 1. The van der Waals surface area contributed by atoms with E-state index in [2.05, 4.69) is 6.92 Å². The molecule has 0 spiro atoms. The van der Waals surface area contributed by atoms with Crippen LogP contribution in [0.1, 0.15) is 46.0 Å². The van der Waals surface area contributed by atoms with Crippen molar-refractivity contribution in [2.75, 3.05) is 19.6 Å². The zero-order valence-electron chi connectivity index (χ0n) is 12.3. The summed E-state index contributed by atoms with van der Waals surface area (Å²) in [6, 6.07) is 0. The van der Waals surface area contributed by atoms with E-state index in [0.29, 0.717) is 24.9 Å². The van der Waals surface area contributed by atoms with Gasteiger partial charge in [0.05, 0.1) is 11.5 Å². The summed E-state index contributed by atoms with van der Waals surface area (Å²) < 4.78 is 0. The minimum atomic E-state index is -0.380. The van der Waals surface area contributed by atoms with Gasteiger partial charge in [0.2, 0.25) is 5.91 Å². The molecule has 0 bridgehead atoms. The first-order valence-corrected chi connectivity index (χ1v) is 7.66. The average Bonchev–Trinajstić information content (AvgIpc) is 2.42. The Morgan fingerprint density at radius 3 is 2.47 bits per heavy atom. The highest BCUT2D eigenvalue weighted by molar-refractivity contribution is 5.83. The molecule has 4 nitrogen and oxygen atoms in total. The molecule has 2 rings (SSSR count). The van der Waals surface area contributed by atoms with Crippen LogP contribution in [0.3, 0.4) is 0 Å². The number of nitrogens with two attached hydrogens (primary N) is 1. The van der Waals surface area contributed by atoms with Crippen molar-refractivity contribution in [3.63, 3.8) is 0 Å². The van der Waals surface area contributed by atoms with Crippen molar-refractivity contribution in [2.45, 2.75) is 52.1 Å². The van der Waals surface area contributed by atoms with E-state index >= 15 is 0 Å². The maximum absolute atomic E-state index is 12.8. The summed E-state index contributed by atoms with van der Waals surface area (Å²) >= 11 is 0. The molecule has 3 N–H and O–H groups in total. The topological polar surface area (TPSA) is 66.6 Å². The van der Waals surface area contributed by atoms with Crippen LogP contribution in [0.15, 0.2) is 0 Å². The Labute approximate surface area is 116 Å². The smallest absolute Gasteiger partial charge is 0.230 e. The molecule has 1 aliphatic carbocycles. The van der Waals surface area contributed by atoms with Gasteiger partial charge in [-0.2, -0.15) is 0 Å². The zero-order chi connectivity index (χ0) is 14.0. The SMILES string of the molecule is CC1CCC(CN)(C(=O)N2CCC(C)C(O)C2)CC1. The quantitative estimate of drug-likeness (QED) is 0.795. The third-order valence-electron chi connectivity index (χ3n) is 5.28. The predicted molar refractivity (Wildman–Crippen MR) is 75.5 cm³/mol. The second-order valence-electron chi connectivity index (χ2n) is 6.75. The molecule has 1 saturated carbocycles. The lowest BCUT2D eigenvalue weighted by Gasteiger charge is -2.43. The molecule has 1 saturated heterocycles. The van der Waals surface area contributed by atoms with Gasteiger partial charge in [-0.3, -0.25) is 4.79 Å². The van der Waals surface area contributed by atoms with E-state index in [4.69, 9.17) is 5.73 Å². The first-order valence-electron chi connectivity index (χ1n) is 7.66. The Bertz CT molecular complexity index is 324. The van der Waals surface area contributed by atoms with Gasteiger partial charge in [0.25, 0.3) is 0 Å². The molecule has 0 aromatic carbocycles. The van der Waals surface area contributed by atoms with E-state index in [1.165, 1.54) is 0 Å². The van der Waals surface area contributed by atoms with Crippen LogP contribution in [0.5, 0.6) is 0 Å². The molecular formula is C15H28N2O2. The molecule has 2 fully saturated rings. The van der Waals surface area contributed by atoms with E-state index in [-0.39, 0.29) is 17.4 Å². The number of rotatable bonds is 2. The third kappa shape index (κ3) is 2.95. The summed E-state index contributed by atoms with van der Waals surface area (Å²) in [6.45, 7) is 6.00. The summed E-state index contributed by atoms with van der Waals surface area (Å²) in [6.07, 6.45) is 4.52. The number of nitrogens with zero attached hydrogens (tertiary/aromatic N) is 1. The molecule has 2 aliphatic rings. The normalized spacial score (nSPS) is 40.2. The minimum Gasteiger partial charge on any atom is -0.391 e. The maximum atomic E-state index is 12.8. The lowest BCUT2D eigenvalue weighted by Crippen LogP contribution is -2.54. The fourth-order valence-corrected chi connectivity index (χ4v) is 3.39. The Kier molecular flexibility index (Phi) is 4.51. The molecule has 0 aromatic rings. The lowest BCUT2D eigenvalue weighted by atomic mass is 9.69. The van der Waals surface area contributed by atoms with E-state index < -0.39 is 0 Å². The Hall–Kier alpha value is -0.610. The van der Waals surface area contributed by atoms with Crippen molar-refractivity contribution in [1.82, 2.24) is 4.90 Å². The summed E-state index contributed by atoms with van der Waals surface area (Å²) in [5, 5.41) is 9.97. The van der Waals surface area contributed by atoms with Crippen LogP contribution in [-0.2, 0) is 4.79 Å². The van der Waals surface area contributed by atoms with E-state index in [1.807, 2.05) is 11.8 Å². The summed E-state index contributed by atoms with van der Waals surface area (Å²) in [5.74, 6) is 1.19. The van der Waals surface area contributed by atoms with Crippen molar-refractivity contribution in [1.29, 1.82) is 0 Å². The van der Waals surface area contributed by atoms with Gasteiger partial charge in [-0.05, 0) is 43.9 Å². The standard InChI is InChI=1S/C15H28N2O2/c1-11-3-6-15(10-16,7-4-11)14(19)17-8-5-12(2)13(18)9-17/h11-13,18H,3-10,16H2,1-2H3. The van der Waals surface area contributed by atoms with E-state index in [9.17, 15) is 9.90 Å². The van der Waals surface area contributed by atoms with Gasteiger partial charge in [0, 0.05) is 19.6 Å². The second-order valence-corrected chi connectivity index (χ2v) is 6.75. The lowest BCUT2D eigenvalue weighted by molar-refractivity contribution is -0.148.